The Balaban J connectivity index is -0.000000201. The average Bonchev–Trinajstić information content (AvgIpc) is 2.80. The molecule has 32 heavy (non-hydrogen) atoms. The van der Waals surface area contributed by atoms with Crippen molar-refractivity contribution in [2.45, 2.75) is 120 Å². The van der Waals surface area contributed by atoms with Crippen LogP contribution in [0.5, 0.6) is 0 Å². The van der Waals surface area contributed by atoms with E-state index in [1.54, 1.807) is 14.2 Å². The van der Waals surface area contributed by atoms with E-state index in [9.17, 15) is 0 Å². The quantitative estimate of drug-likeness (QED) is 0.370. The zero-order valence-corrected chi connectivity index (χ0v) is 22.5. The van der Waals surface area contributed by atoms with Crippen molar-refractivity contribution in [3.8, 4) is 0 Å². The molecule has 0 amide bonds. The van der Waals surface area contributed by atoms with Gasteiger partial charge >= 0.3 is 0 Å². The molecule has 0 atom stereocenters. The van der Waals surface area contributed by atoms with E-state index in [1.807, 2.05) is 27.7 Å². The summed E-state index contributed by atoms with van der Waals surface area (Å²) in [6.07, 6.45) is 11.1. The zero-order chi connectivity index (χ0) is 23.4. The molecule has 0 radical (unpaired) electrons. The molecule has 2 saturated carbocycles. The predicted octanol–water partition coefficient (Wildman–Crippen LogP) is 7.61. The van der Waals surface area contributed by atoms with E-state index in [0.29, 0.717) is 0 Å². The Kier molecular flexibility index (Phi) is 33.1. The van der Waals surface area contributed by atoms with Crippen LogP contribution in [-0.2, 0) is 9.47 Å². The van der Waals surface area contributed by atoms with Crippen molar-refractivity contribution in [2.75, 3.05) is 54.6 Å². The first kappa shape index (κ1) is 39.1. The normalized spacial score (nSPS) is 24.4. The fourth-order valence-electron chi connectivity index (χ4n) is 4.20. The fourth-order valence-corrected chi connectivity index (χ4v) is 4.20. The van der Waals surface area contributed by atoms with E-state index in [4.69, 9.17) is 9.47 Å². The third kappa shape index (κ3) is 19.3. The zero-order valence-electron chi connectivity index (χ0n) is 22.5. The summed E-state index contributed by atoms with van der Waals surface area (Å²) in [6.45, 7) is 16.6. The summed E-state index contributed by atoms with van der Waals surface area (Å²) in [4.78, 5) is 4.91. The highest BCUT2D eigenvalue weighted by molar-refractivity contribution is 4.77. The number of rotatable bonds is 8. The van der Waals surface area contributed by atoms with Crippen LogP contribution in [0.3, 0.4) is 0 Å². The minimum Gasteiger partial charge on any atom is -0.383 e. The molecule has 4 nitrogen and oxygen atoms in total. The lowest BCUT2D eigenvalue weighted by molar-refractivity contribution is 0.115. The smallest absolute Gasteiger partial charge is 0.0589 e. The van der Waals surface area contributed by atoms with E-state index in [2.05, 4.69) is 37.7 Å². The van der Waals surface area contributed by atoms with Gasteiger partial charge in [-0.25, -0.2) is 0 Å². The highest BCUT2D eigenvalue weighted by Crippen LogP contribution is 2.27. The molecule has 0 aromatic carbocycles. The number of hydrogen-bond donors (Lipinski definition) is 0. The van der Waals surface area contributed by atoms with Crippen molar-refractivity contribution in [1.82, 2.24) is 9.80 Å². The molecule has 0 N–H and O–H groups in total. The maximum atomic E-state index is 5.08. The van der Waals surface area contributed by atoms with Gasteiger partial charge in [-0.3, -0.25) is 0 Å². The molecule has 0 saturated heterocycles. The van der Waals surface area contributed by atoms with E-state index in [1.165, 1.54) is 51.4 Å². The number of ether oxygens (including phenoxy) is 2. The monoisotopic (exact) mass is 463 g/mol. The number of nitrogens with zero attached hydrogens (tertiary/aromatic N) is 2. The maximum absolute atomic E-state index is 5.08. The molecular weight excluding hydrogens is 396 g/mol. The topological polar surface area (TPSA) is 24.9 Å². The third-order valence-electron chi connectivity index (χ3n) is 6.51. The van der Waals surface area contributed by atoms with E-state index in [-0.39, 0.29) is 14.9 Å². The minimum absolute atomic E-state index is 0. The highest BCUT2D eigenvalue weighted by Gasteiger charge is 2.21. The largest absolute Gasteiger partial charge is 0.383 e. The number of likely N-dealkylation sites (N-methyl/N-ethyl adjacent to an activating group) is 2. The van der Waals surface area contributed by atoms with Crippen LogP contribution in [0, 0.1) is 11.8 Å². The van der Waals surface area contributed by atoms with Gasteiger partial charge in [-0.05, 0) is 77.3 Å². The van der Waals surface area contributed by atoms with Gasteiger partial charge in [0.25, 0.3) is 0 Å². The Morgan fingerprint density at radius 3 is 1.03 bits per heavy atom. The fraction of sp³-hybridized carbons (Fsp3) is 1.00. The molecule has 200 valence electrons. The molecule has 2 aliphatic rings. The van der Waals surface area contributed by atoms with Crippen LogP contribution in [0.4, 0.5) is 0 Å². The second-order valence-corrected chi connectivity index (χ2v) is 8.77. The molecule has 0 bridgehead atoms. The molecule has 0 aromatic rings. The van der Waals surface area contributed by atoms with Crippen molar-refractivity contribution in [3.63, 3.8) is 0 Å². The maximum Gasteiger partial charge on any atom is 0.0589 e. The van der Waals surface area contributed by atoms with Crippen LogP contribution in [0.15, 0.2) is 0 Å². The number of hydrogen-bond acceptors (Lipinski definition) is 4. The Morgan fingerprint density at radius 1 is 0.562 bits per heavy atom. The summed E-state index contributed by atoms with van der Waals surface area (Å²) < 4.78 is 10.2. The standard InChI is InChI=1S/2C11H23NO.2C2H6.2CH4/c2*1-10-4-6-11(7-5-10)12(2)8-9-13-3;2*1-2;;/h2*10-11H,4-9H2,1-3H3;2*1-2H3;2*1H4. The summed E-state index contributed by atoms with van der Waals surface area (Å²) in [5, 5.41) is 0. The molecule has 0 spiro atoms. The lowest BCUT2D eigenvalue weighted by Gasteiger charge is -2.33. The van der Waals surface area contributed by atoms with Gasteiger partial charge in [-0.15, -0.1) is 0 Å². The highest BCUT2D eigenvalue weighted by atomic mass is 16.5. The van der Waals surface area contributed by atoms with Gasteiger partial charge < -0.3 is 19.3 Å². The second-order valence-electron chi connectivity index (χ2n) is 8.77. The summed E-state index contributed by atoms with van der Waals surface area (Å²) in [5.41, 5.74) is 0. The van der Waals surface area contributed by atoms with Crippen LogP contribution in [-0.4, -0.2) is 76.5 Å². The Morgan fingerprint density at radius 2 is 0.812 bits per heavy atom. The first-order chi connectivity index (χ1) is 14.5. The van der Waals surface area contributed by atoms with Crippen LogP contribution in [0.25, 0.3) is 0 Å². The second kappa shape index (κ2) is 27.1. The van der Waals surface area contributed by atoms with Crippen LogP contribution in [0.2, 0.25) is 0 Å². The SMILES string of the molecule is C.C.CC.CC.COCCN(C)C1CCC(C)CC1.COCCN(C)C1CCC(C)CC1. The van der Waals surface area contributed by atoms with Gasteiger partial charge in [0.15, 0.2) is 0 Å². The lowest BCUT2D eigenvalue weighted by atomic mass is 9.87. The van der Waals surface area contributed by atoms with Gasteiger partial charge in [0.05, 0.1) is 13.2 Å². The van der Waals surface area contributed by atoms with Crippen LogP contribution in [0.1, 0.15) is 108 Å². The molecule has 0 unspecified atom stereocenters. The summed E-state index contributed by atoms with van der Waals surface area (Å²) >= 11 is 0. The van der Waals surface area contributed by atoms with E-state index >= 15 is 0 Å². The van der Waals surface area contributed by atoms with Crippen LogP contribution < -0.4 is 0 Å². The first-order valence-electron chi connectivity index (χ1n) is 12.9. The summed E-state index contributed by atoms with van der Waals surface area (Å²) in [7, 11) is 7.99. The molecule has 0 aliphatic heterocycles. The average molecular weight is 463 g/mol. The van der Waals surface area contributed by atoms with Gasteiger partial charge in [-0.2, -0.15) is 0 Å². The minimum atomic E-state index is 0. The number of methoxy groups -OCH3 is 2. The van der Waals surface area contributed by atoms with E-state index < -0.39 is 0 Å². The molecule has 2 fully saturated rings. The predicted molar refractivity (Wildman–Crippen MR) is 148 cm³/mol. The van der Waals surface area contributed by atoms with Crippen molar-refractivity contribution in [1.29, 1.82) is 0 Å². The van der Waals surface area contributed by atoms with Crippen molar-refractivity contribution >= 4 is 0 Å². The molecule has 0 heterocycles. The van der Waals surface area contributed by atoms with Crippen molar-refractivity contribution in [3.05, 3.63) is 0 Å². The summed E-state index contributed by atoms with van der Waals surface area (Å²) in [6, 6.07) is 1.62. The Labute approximate surface area is 205 Å². The molecular formula is C28H66N2O2. The van der Waals surface area contributed by atoms with Gasteiger partial charge in [0.2, 0.25) is 0 Å². The molecule has 0 aromatic heterocycles. The summed E-state index contributed by atoms with van der Waals surface area (Å²) in [5.74, 6) is 1.90. The van der Waals surface area contributed by atoms with Crippen molar-refractivity contribution in [2.24, 2.45) is 11.8 Å². The van der Waals surface area contributed by atoms with Gasteiger partial charge in [-0.1, -0.05) is 56.4 Å². The molecule has 2 aliphatic carbocycles. The van der Waals surface area contributed by atoms with Gasteiger partial charge in [0.1, 0.15) is 0 Å². The van der Waals surface area contributed by atoms with Gasteiger partial charge in [0, 0.05) is 39.4 Å². The Hall–Kier alpha value is -0.160. The molecule has 2 rings (SSSR count). The van der Waals surface area contributed by atoms with Crippen molar-refractivity contribution < 1.29 is 9.47 Å². The third-order valence-corrected chi connectivity index (χ3v) is 6.51. The lowest BCUT2D eigenvalue weighted by Crippen LogP contribution is -2.36. The van der Waals surface area contributed by atoms with E-state index in [0.717, 1.165) is 50.2 Å². The molecule has 4 heteroatoms. The first-order valence-corrected chi connectivity index (χ1v) is 12.9. The van der Waals surface area contributed by atoms with Crippen LogP contribution >= 0.6 is 0 Å². The Bertz CT molecular complexity index is 293.